The van der Waals surface area contributed by atoms with Gasteiger partial charge in [0, 0.05) is 12.1 Å². The van der Waals surface area contributed by atoms with Gasteiger partial charge in [-0.25, -0.2) is 13.1 Å². The minimum absolute atomic E-state index is 0.0155. The number of nitrogens with zero attached hydrogens (tertiary/aromatic N) is 1. The second-order valence-corrected chi connectivity index (χ2v) is 5.91. The van der Waals surface area contributed by atoms with E-state index in [0.29, 0.717) is 0 Å². The molecule has 0 spiro atoms. The lowest BCUT2D eigenvalue weighted by atomic mass is 9.99. The van der Waals surface area contributed by atoms with Gasteiger partial charge in [0.05, 0.1) is 17.6 Å². The number of ketones is 1. The van der Waals surface area contributed by atoms with Crippen LogP contribution in [0, 0.1) is 17.2 Å². The van der Waals surface area contributed by atoms with Crippen molar-refractivity contribution in [3.63, 3.8) is 0 Å². The predicted molar refractivity (Wildman–Crippen MR) is 77.4 cm³/mol. The number of benzene rings is 1. The first kappa shape index (κ1) is 17.8. The highest BCUT2D eigenvalue weighted by atomic mass is 32.2. The van der Waals surface area contributed by atoms with E-state index in [-0.39, 0.29) is 23.6 Å². The molecular weight excluding hydrogens is 308 g/mol. The van der Waals surface area contributed by atoms with Crippen LogP contribution in [0.2, 0.25) is 0 Å². The van der Waals surface area contributed by atoms with Crippen molar-refractivity contribution in [3.8, 4) is 6.07 Å². The zero-order valence-electron chi connectivity index (χ0n) is 12.2. The molecule has 22 heavy (non-hydrogen) atoms. The third-order valence-corrected chi connectivity index (χ3v) is 4.29. The first-order valence-corrected chi connectivity index (χ1v) is 8.06. The van der Waals surface area contributed by atoms with Crippen LogP contribution >= 0.6 is 0 Å². The Kier molecular flexibility index (Phi) is 6.22. The van der Waals surface area contributed by atoms with Gasteiger partial charge in [-0.15, -0.1) is 0 Å². The Balaban J connectivity index is 3.31. The fourth-order valence-corrected chi connectivity index (χ4v) is 3.02. The maximum Gasteiger partial charge on any atom is 0.331 e. The van der Waals surface area contributed by atoms with Crippen molar-refractivity contribution in [2.75, 3.05) is 13.2 Å². The number of carbonyl (C=O) groups excluding carboxylic acids is 2. The molecule has 1 aromatic rings. The number of sulfonamides is 1. The van der Waals surface area contributed by atoms with Crippen LogP contribution in [0.15, 0.2) is 29.2 Å². The van der Waals surface area contributed by atoms with Crippen molar-refractivity contribution in [1.82, 2.24) is 4.72 Å². The van der Waals surface area contributed by atoms with Crippen LogP contribution in [0.4, 0.5) is 0 Å². The third-order valence-electron chi connectivity index (χ3n) is 2.69. The fourth-order valence-electron chi connectivity index (χ4n) is 1.77. The summed E-state index contributed by atoms with van der Waals surface area (Å²) in [6.45, 7) is 3.30. The van der Waals surface area contributed by atoms with E-state index in [2.05, 4.69) is 9.46 Å². The minimum Gasteiger partial charge on any atom is -0.465 e. The van der Waals surface area contributed by atoms with Crippen LogP contribution < -0.4 is 4.72 Å². The van der Waals surface area contributed by atoms with Gasteiger partial charge in [-0.05, 0) is 19.1 Å². The summed E-state index contributed by atoms with van der Waals surface area (Å²) in [5.74, 6) is -3.60. The third kappa shape index (κ3) is 3.90. The number of rotatable bonds is 7. The molecule has 1 N–H and O–H groups in total. The standard InChI is InChI=1S/C14H16N2O5S/c1-3-16-22(19,20)12-8-6-5-7-10(12)13(17)11(9-15)14(18)21-4-2/h5-8,11,16H,3-4H2,1-2H3. The number of ether oxygens (including phenoxy) is 1. The van der Waals surface area contributed by atoms with E-state index in [1.807, 2.05) is 0 Å². The van der Waals surface area contributed by atoms with Gasteiger partial charge in [-0.3, -0.25) is 9.59 Å². The first-order valence-electron chi connectivity index (χ1n) is 6.58. The van der Waals surface area contributed by atoms with E-state index in [1.165, 1.54) is 24.3 Å². The van der Waals surface area contributed by atoms with E-state index in [9.17, 15) is 18.0 Å². The van der Waals surface area contributed by atoms with Gasteiger partial charge in [0.2, 0.25) is 15.9 Å². The number of Topliss-reactive ketones (excluding diaryl/α,β-unsaturated/α-hetero) is 1. The molecule has 0 aliphatic heterocycles. The summed E-state index contributed by atoms with van der Waals surface area (Å²) < 4.78 is 31.1. The Labute approximate surface area is 128 Å². The van der Waals surface area contributed by atoms with Crippen molar-refractivity contribution in [2.24, 2.45) is 5.92 Å². The Morgan fingerprint density at radius 1 is 1.32 bits per heavy atom. The molecule has 0 amide bonds. The molecule has 1 rings (SSSR count). The predicted octanol–water partition coefficient (Wildman–Crippen LogP) is 0.870. The summed E-state index contributed by atoms with van der Waals surface area (Å²) >= 11 is 0. The van der Waals surface area contributed by atoms with Crippen molar-refractivity contribution < 1.29 is 22.7 Å². The van der Waals surface area contributed by atoms with Gasteiger partial charge in [-0.1, -0.05) is 19.1 Å². The van der Waals surface area contributed by atoms with E-state index in [4.69, 9.17) is 5.26 Å². The minimum atomic E-state index is -3.90. The maximum absolute atomic E-state index is 12.3. The smallest absolute Gasteiger partial charge is 0.331 e. The highest BCUT2D eigenvalue weighted by molar-refractivity contribution is 7.89. The summed E-state index contributed by atoms with van der Waals surface area (Å²) in [6, 6.07) is 6.96. The number of nitrogens with one attached hydrogen (secondary N) is 1. The van der Waals surface area contributed by atoms with Crippen molar-refractivity contribution >= 4 is 21.8 Å². The number of carbonyl (C=O) groups is 2. The molecule has 0 heterocycles. The first-order chi connectivity index (χ1) is 10.4. The van der Waals surface area contributed by atoms with Crippen LogP contribution in [0.3, 0.4) is 0 Å². The van der Waals surface area contributed by atoms with Crippen LogP contribution in [-0.4, -0.2) is 33.3 Å². The molecule has 0 fully saturated rings. The molecule has 1 aromatic carbocycles. The zero-order chi connectivity index (χ0) is 16.8. The molecule has 0 saturated heterocycles. The monoisotopic (exact) mass is 324 g/mol. The summed E-state index contributed by atoms with van der Waals surface area (Å²) in [7, 11) is -3.90. The van der Waals surface area contributed by atoms with Crippen molar-refractivity contribution in [2.45, 2.75) is 18.7 Å². The van der Waals surface area contributed by atoms with Gasteiger partial charge >= 0.3 is 5.97 Å². The van der Waals surface area contributed by atoms with E-state index < -0.39 is 27.7 Å². The zero-order valence-corrected chi connectivity index (χ0v) is 13.0. The summed E-state index contributed by atoms with van der Waals surface area (Å²) in [5, 5.41) is 9.02. The van der Waals surface area contributed by atoms with Gasteiger partial charge in [0.1, 0.15) is 0 Å². The average Bonchev–Trinajstić information content (AvgIpc) is 2.48. The molecule has 1 unspecified atom stereocenters. The molecule has 0 aromatic heterocycles. The quantitative estimate of drug-likeness (QED) is 0.452. The number of hydrogen-bond donors (Lipinski definition) is 1. The Morgan fingerprint density at radius 2 is 1.95 bits per heavy atom. The Morgan fingerprint density at radius 3 is 2.50 bits per heavy atom. The van der Waals surface area contributed by atoms with Gasteiger partial charge in [0.25, 0.3) is 0 Å². The van der Waals surface area contributed by atoms with E-state index in [0.717, 1.165) is 0 Å². The molecule has 0 radical (unpaired) electrons. The SMILES string of the molecule is CCNS(=O)(=O)c1ccccc1C(=O)C(C#N)C(=O)OCC. The van der Waals surface area contributed by atoms with E-state index >= 15 is 0 Å². The second kappa shape index (κ2) is 7.68. The Bertz CT molecular complexity index is 706. The molecule has 8 heteroatoms. The topological polar surface area (TPSA) is 113 Å². The van der Waals surface area contributed by atoms with E-state index in [1.54, 1.807) is 19.9 Å². The molecule has 7 nitrogen and oxygen atoms in total. The van der Waals surface area contributed by atoms with Gasteiger partial charge in [-0.2, -0.15) is 5.26 Å². The summed E-state index contributed by atoms with van der Waals surface area (Å²) in [6.07, 6.45) is 0. The highest BCUT2D eigenvalue weighted by Gasteiger charge is 2.32. The molecule has 0 saturated carbocycles. The average molecular weight is 324 g/mol. The molecule has 118 valence electrons. The van der Waals surface area contributed by atoms with Gasteiger partial charge < -0.3 is 4.74 Å². The molecular formula is C14H16N2O5S. The van der Waals surface area contributed by atoms with Crippen LogP contribution in [-0.2, 0) is 19.6 Å². The van der Waals surface area contributed by atoms with Crippen LogP contribution in [0.1, 0.15) is 24.2 Å². The number of nitriles is 1. The maximum atomic E-state index is 12.3. The molecule has 0 aliphatic rings. The van der Waals surface area contributed by atoms with Crippen LogP contribution in [0.25, 0.3) is 0 Å². The van der Waals surface area contributed by atoms with Crippen LogP contribution in [0.5, 0.6) is 0 Å². The normalized spacial score (nSPS) is 12.2. The second-order valence-electron chi connectivity index (χ2n) is 4.18. The van der Waals surface area contributed by atoms with Gasteiger partial charge in [0.15, 0.2) is 5.78 Å². The molecule has 1 atom stereocenters. The fraction of sp³-hybridized carbons (Fsp3) is 0.357. The lowest BCUT2D eigenvalue weighted by Gasteiger charge is -2.12. The highest BCUT2D eigenvalue weighted by Crippen LogP contribution is 2.19. The van der Waals surface area contributed by atoms with Crippen molar-refractivity contribution in [1.29, 1.82) is 5.26 Å². The van der Waals surface area contributed by atoms with Crippen molar-refractivity contribution in [3.05, 3.63) is 29.8 Å². The molecule has 0 aliphatic carbocycles. The summed E-state index contributed by atoms with van der Waals surface area (Å²) in [4.78, 5) is 23.7. The lowest BCUT2D eigenvalue weighted by Crippen LogP contribution is -2.29. The lowest BCUT2D eigenvalue weighted by molar-refractivity contribution is -0.144. The Hall–Kier alpha value is -2.24. The number of esters is 1. The summed E-state index contributed by atoms with van der Waals surface area (Å²) in [5.41, 5.74) is -0.219. The largest absolute Gasteiger partial charge is 0.465 e. The molecule has 0 bridgehead atoms. The number of hydrogen-bond acceptors (Lipinski definition) is 6.